The first kappa shape index (κ1) is 13.4. The summed E-state index contributed by atoms with van der Waals surface area (Å²) < 4.78 is 10.6. The first-order valence-corrected chi connectivity index (χ1v) is 6.48. The van der Waals surface area contributed by atoms with Gasteiger partial charge in [-0.1, -0.05) is 15.9 Å². The molecule has 1 fully saturated rings. The number of carbonyl (C=O) groups is 1. The van der Waals surface area contributed by atoms with Crippen LogP contribution in [0, 0.1) is 5.92 Å². The molecular formula is C10H16BrClO3. The van der Waals surface area contributed by atoms with E-state index in [0.717, 1.165) is 0 Å². The van der Waals surface area contributed by atoms with Crippen LogP contribution in [0.1, 0.15) is 12.8 Å². The van der Waals surface area contributed by atoms with Crippen molar-refractivity contribution in [1.82, 2.24) is 0 Å². The third kappa shape index (κ3) is 3.16. The molecule has 1 rings (SSSR count). The van der Waals surface area contributed by atoms with E-state index >= 15 is 0 Å². The minimum Gasteiger partial charge on any atom is -0.381 e. The number of alkyl halides is 2. The van der Waals surface area contributed by atoms with Gasteiger partial charge in [0.15, 0.2) is 0 Å². The molecule has 0 spiro atoms. The molecule has 0 amide bonds. The van der Waals surface area contributed by atoms with Gasteiger partial charge in [0.05, 0.1) is 22.9 Å². The summed E-state index contributed by atoms with van der Waals surface area (Å²) in [5, 5.41) is 0.257. The molecule has 0 radical (unpaired) electrons. The van der Waals surface area contributed by atoms with Crippen molar-refractivity contribution in [3.8, 4) is 0 Å². The Kier molecular flexibility index (Phi) is 5.53. The number of hydrogen-bond acceptors (Lipinski definition) is 3. The van der Waals surface area contributed by atoms with Crippen molar-refractivity contribution < 1.29 is 14.3 Å². The maximum absolute atomic E-state index is 11.7. The lowest BCUT2D eigenvalue weighted by atomic mass is 9.82. The van der Waals surface area contributed by atoms with Crippen LogP contribution in [0.15, 0.2) is 0 Å². The molecule has 1 aliphatic carbocycles. The first-order chi connectivity index (χ1) is 7.13. The molecule has 0 N–H and O–H groups in total. The molecular weight excluding hydrogens is 283 g/mol. The van der Waals surface area contributed by atoms with E-state index < -0.39 is 0 Å². The van der Waals surface area contributed by atoms with Crippen LogP contribution in [0.5, 0.6) is 0 Å². The molecule has 0 aliphatic heterocycles. The highest BCUT2D eigenvalue weighted by atomic mass is 79.9. The van der Waals surface area contributed by atoms with E-state index in [-0.39, 0.29) is 29.3 Å². The minimum absolute atomic E-state index is 0.0176. The van der Waals surface area contributed by atoms with E-state index in [2.05, 4.69) is 15.9 Å². The second-order valence-corrected chi connectivity index (χ2v) is 4.86. The first-order valence-electron chi connectivity index (χ1n) is 4.92. The fourth-order valence-corrected chi connectivity index (χ4v) is 2.84. The van der Waals surface area contributed by atoms with Crippen LogP contribution in [0.2, 0.25) is 0 Å². The van der Waals surface area contributed by atoms with Crippen LogP contribution in [0.25, 0.3) is 0 Å². The average Bonchev–Trinajstić information content (AvgIpc) is 2.27. The van der Waals surface area contributed by atoms with Gasteiger partial charge in [-0.25, -0.2) is 0 Å². The Labute approximate surface area is 104 Å². The molecule has 88 valence electrons. The van der Waals surface area contributed by atoms with Crippen molar-refractivity contribution >= 4 is 33.3 Å². The van der Waals surface area contributed by atoms with E-state index in [4.69, 9.17) is 21.1 Å². The number of ether oxygens (including phenoxy) is 2. The lowest BCUT2D eigenvalue weighted by Crippen LogP contribution is -2.44. The van der Waals surface area contributed by atoms with Gasteiger partial charge in [0, 0.05) is 26.6 Å². The van der Waals surface area contributed by atoms with E-state index in [1.165, 1.54) is 0 Å². The normalized spacial score (nSPS) is 36.5. The Hall–Kier alpha value is 0.360. The number of ketones is 1. The molecule has 0 aromatic rings. The summed E-state index contributed by atoms with van der Waals surface area (Å²) in [6, 6.07) is 0. The maximum atomic E-state index is 11.7. The molecule has 1 aliphatic rings. The van der Waals surface area contributed by atoms with Gasteiger partial charge in [0.2, 0.25) is 0 Å². The Morgan fingerprint density at radius 3 is 2.40 bits per heavy atom. The lowest BCUT2D eigenvalue weighted by Gasteiger charge is -2.36. The number of methoxy groups -OCH3 is 2. The van der Waals surface area contributed by atoms with Crippen molar-refractivity contribution in [2.45, 2.75) is 30.4 Å². The summed E-state index contributed by atoms with van der Waals surface area (Å²) in [5.41, 5.74) is 0. The second-order valence-electron chi connectivity index (χ2n) is 3.74. The molecule has 4 unspecified atom stereocenters. The maximum Gasteiger partial charge on any atom is 0.149 e. The van der Waals surface area contributed by atoms with Crippen molar-refractivity contribution in [2.24, 2.45) is 5.92 Å². The van der Waals surface area contributed by atoms with Crippen LogP contribution in [-0.2, 0) is 14.3 Å². The number of hydrogen-bond donors (Lipinski definition) is 0. The predicted octanol–water partition coefficient (Wildman–Crippen LogP) is 2.00. The summed E-state index contributed by atoms with van der Waals surface area (Å²) in [5.74, 6) is 0.0466. The monoisotopic (exact) mass is 298 g/mol. The molecule has 3 nitrogen and oxygen atoms in total. The molecule has 5 heteroatoms. The zero-order valence-corrected chi connectivity index (χ0v) is 11.3. The van der Waals surface area contributed by atoms with E-state index in [1.54, 1.807) is 14.2 Å². The number of rotatable bonds is 4. The number of Topliss-reactive ketones (excluding diaryl/α,β-unsaturated/α-hetero) is 1. The van der Waals surface area contributed by atoms with Crippen molar-refractivity contribution in [1.29, 1.82) is 0 Å². The Balaban J connectivity index is 2.68. The minimum atomic E-state index is -0.108. The van der Waals surface area contributed by atoms with E-state index in [1.807, 2.05) is 0 Å². The highest BCUT2D eigenvalue weighted by Gasteiger charge is 2.39. The van der Waals surface area contributed by atoms with Gasteiger partial charge < -0.3 is 9.47 Å². The third-order valence-corrected chi connectivity index (χ3v) is 3.96. The molecule has 0 heterocycles. The molecule has 4 atom stereocenters. The summed E-state index contributed by atoms with van der Waals surface area (Å²) in [6.45, 7) is 0. The van der Waals surface area contributed by atoms with Crippen LogP contribution in [0.4, 0.5) is 0 Å². The standard InChI is InChI=1S/C10H16BrClO3/c1-14-9-4-10(15-2)7(12)3-6(9)8(13)5-11/h6-7,9-10H,3-5H2,1-2H3. The summed E-state index contributed by atoms with van der Waals surface area (Å²) in [6.07, 6.45) is 1.22. The van der Waals surface area contributed by atoms with E-state index in [9.17, 15) is 4.79 Å². The highest BCUT2D eigenvalue weighted by Crippen LogP contribution is 2.32. The summed E-state index contributed by atoms with van der Waals surface area (Å²) in [4.78, 5) is 11.7. The fourth-order valence-electron chi connectivity index (χ4n) is 2.03. The summed E-state index contributed by atoms with van der Waals surface area (Å²) in [7, 11) is 3.26. The largest absolute Gasteiger partial charge is 0.381 e. The van der Waals surface area contributed by atoms with Gasteiger partial charge in [0.1, 0.15) is 5.78 Å². The third-order valence-electron chi connectivity index (χ3n) is 2.95. The number of halogens is 2. The van der Waals surface area contributed by atoms with Crippen LogP contribution < -0.4 is 0 Å². The van der Waals surface area contributed by atoms with E-state index in [0.29, 0.717) is 18.2 Å². The quantitative estimate of drug-likeness (QED) is 0.745. The Morgan fingerprint density at radius 1 is 1.33 bits per heavy atom. The van der Waals surface area contributed by atoms with Gasteiger partial charge in [-0.15, -0.1) is 11.6 Å². The average molecular weight is 300 g/mol. The fraction of sp³-hybridized carbons (Fsp3) is 0.900. The van der Waals surface area contributed by atoms with Gasteiger partial charge in [-0.05, 0) is 6.42 Å². The van der Waals surface area contributed by atoms with Crippen molar-refractivity contribution in [2.75, 3.05) is 19.5 Å². The van der Waals surface area contributed by atoms with Crippen LogP contribution >= 0.6 is 27.5 Å². The van der Waals surface area contributed by atoms with Crippen LogP contribution in [-0.4, -0.2) is 42.9 Å². The Morgan fingerprint density at radius 2 is 1.93 bits per heavy atom. The van der Waals surface area contributed by atoms with Gasteiger partial charge in [0.25, 0.3) is 0 Å². The lowest BCUT2D eigenvalue weighted by molar-refractivity contribution is -0.129. The Bertz CT molecular complexity index is 225. The molecule has 0 aromatic carbocycles. The zero-order chi connectivity index (χ0) is 11.4. The smallest absolute Gasteiger partial charge is 0.149 e. The number of carbonyl (C=O) groups excluding carboxylic acids is 1. The predicted molar refractivity (Wildman–Crippen MR) is 62.8 cm³/mol. The van der Waals surface area contributed by atoms with Crippen molar-refractivity contribution in [3.05, 3.63) is 0 Å². The zero-order valence-electron chi connectivity index (χ0n) is 8.91. The summed E-state index contributed by atoms with van der Waals surface area (Å²) >= 11 is 9.33. The van der Waals surface area contributed by atoms with Gasteiger partial charge >= 0.3 is 0 Å². The van der Waals surface area contributed by atoms with Gasteiger partial charge in [-0.2, -0.15) is 0 Å². The van der Waals surface area contributed by atoms with Gasteiger partial charge in [-0.3, -0.25) is 4.79 Å². The topological polar surface area (TPSA) is 35.5 Å². The molecule has 0 aromatic heterocycles. The molecule has 15 heavy (non-hydrogen) atoms. The second kappa shape index (κ2) is 6.18. The SMILES string of the molecule is COC1CC(OC)C(C(=O)CBr)CC1Cl. The molecule has 0 saturated heterocycles. The van der Waals surface area contributed by atoms with Crippen molar-refractivity contribution in [3.63, 3.8) is 0 Å². The molecule has 0 bridgehead atoms. The van der Waals surface area contributed by atoms with Crippen LogP contribution in [0.3, 0.4) is 0 Å². The highest BCUT2D eigenvalue weighted by molar-refractivity contribution is 9.09. The molecule has 1 saturated carbocycles.